The summed E-state index contributed by atoms with van der Waals surface area (Å²) in [6.07, 6.45) is 4.94. The fourth-order valence-electron chi connectivity index (χ4n) is 5.37. The molecule has 0 spiro atoms. The van der Waals surface area contributed by atoms with Crippen LogP contribution in [-0.2, 0) is 23.9 Å². The Morgan fingerprint density at radius 3 is 2.39 bits per heavy atom. The summed E-state index contributed by atoms with van der Waals surface area (Å²) >= 11 is 1.48. The Morgan fingerprint density at radius 1 is 1.11 bits per heavy atom. The second-order valence-electron chi connectivity index (χ2n) is 11.9. The molecule has 10 heteroatoms. The first kappa shape index (κ1) is 28.3. The van der Waals surface area contributed by atoms with Crippen LogP contribution >= 0.6 is 11.8 Å². The number of β-lactam (4-membered cyclic amide) rings is 1. The van der Waals surface area contributed by atoms with Gasteiger partial charge in [0.2, 0.25) is 11.8 Å². The second kappa shape index (κ2) is 11.2. The quantitative estimate of drug-likeness (QED) is 0.394. The molecule has 3 fully saturated rings. The Hall–Kier alpha value is -2.75. The Labute approximate surface area is 228 Å². The first-order valence-corrected chi connectivity index (χ1v) is 14.3. The number of rotatable bonds is 7. The second-order valence-corrected chi connectivity index (χ2v) is 13.6. The maximum absolute atomic E-state index is 13.4. The van der Waals surface area contributed by atoms with E-state index in [-0.39, 0.29) is 11.9 Å². The van der Waals surface area contributed by atoms with Crippen LogP contribution in [0.2, 0.25) is 0 Å². The van der Waals surface area contributed by atoms with Crippen LogP contribution in [0.5, 0.6) is 0 Å². The van der Waals surface area contributed by atoms with Crippen molar-refractivity contribution in [3.8, 4) is 0 Å². The van der Waals surface area contributed by atoms with Gasteiger partial charge in [-0.15, -0.1) is 11.8 Å². The fraction of sp³-hybridized carbons (Fsp3) is 0.643. The fourth-order valence-corrected chi connectivity index (χ4v) is 6.99. The summed E-state index contributed by atoms with van der Waals surface area (Å²) in [5.74, 6) is -0.860. The lowest BCUT2D eigenvalue weighted by molar-refractivity contribution is -0.165. The third kappa shape index (κ3) is 6.27. The summed E-state index contributed by atoms with van der Waals surface area (Å²) in [6.45, 7) is 9.44. The topological polar surface area (TPSA) is 114 Å². The van der Waals surface area contributed by atoms with Crippen LogP contribution in [0, 0.1) is 5.92 Å². The van der Waals surface area contributed by atoms with Crippen LogP contribution in [-0.4, -0.2) is 63.2 Å². The summed E-state index contributed by atoms with van der Waals surface area (Å²) in [5.41, 5.74) is -0.179. The van der Waals surface area contributed by atoms with Crippen molar-refractivity contribution in [2.45, 2.75) is 101 Å². The van der Waals surface area contributed by atoms with Gasteiger partial charge >= 0.3 is 12.1 Å². The number of benzene rings is 1. The summed E-state index contributed by atoms with van der Waals surface area (Å²) < 4.78 is 10.5. The predicted octanol–water partition coefficient (Wildman–Crippen LogP) is 3.92. The SMILES string of the molecule is CC(C)(C)OC(=O)N[C@@H](C(=O)N[C@@H]1C(=O)N2[C@@H]1SC(C)(C)[C@@H]2C(=O)OCC1CCCCC1)c1ccccc1. The van der Waals surface area contributed by atoms with Crippen LogP contribution in [0.4, 0.5) is 4.79 Å². The monoisotopic (exact) mass is 545 g/mol. The lowest BCUT2D eigenvalue weighted by Gasteiger charge is -2.44. The molecule has 0 unspecified atom stereocenters. The van der Waals surface area contributed by atoms with E-state index in [1.54, 1.807) is 45.0 Å². The molecule has 3 aliphatic rings. The third-order valence-corrected chi connectivity index (χ3v) is 8.78. The number of amides is 3. The number of ether oxygens (including phenoxy) is 2. The Bertz CT molecular complexity index is 1050. The molecule has 1 saturated carbocycles. The standard InChI is InChI=1S/C28H39N3O6S/c1-27(2,3)37-26(35)30-19(18-14-10-7-11-15-18)22(32)29-20-23(33)31-21(28(4,5)38-24(20)31)25(34)36-16-17-12-8-6-9-13-17/h7,10-11,14-15,17,19-21,24H,6,8-9,12-13,16H2,1-5H3,(H,29,32)(H,30,35)/t19-,20-,21+,24-/m1/s1. The van der Waals surface area contributed by atoms with Crippen molar-refractivity contribution in [3.05, 3.63) is 35.9 Å². The summed E-state index contributed by atoms with van der Waals surface area (Å²) in [4.78, 5) is 53.8. The van der Waals surface area contributed by atoms with Crippen molar-refractivity contribution >= 4 is 35.6 Å². The van der Waals surface area contributed by atoms with Crippen molar-refractivity contribution < 1.29 is 28.7 Å². The minimum atomic E-state index is -1.05. The first-order chi connectivity index (χ1) is 17.9. The molecule has 38 heavy (non-hydrogen) atoms. The molecule has 0 aromatic heterocycles. The van der Waals surface area contributed by atoms with Gasteiger partial charge in [-0.2, -0.15) is 0 Å². The van der Waals surface area contributed by atoms with Crippen molar-refractivity contribution in [2.24, 2.45) is 5.92 Å². The molecule has 4 atom stereocenters. The van der Waals surface area contributed by atoms with Crippen LogP contribution in [0.15, 0.2) is 30.3 Å². The highest BCUT2D eigenvalue weighted by Crippen LogP contribution is 2.51. The molecule has 3 amide bonds. The Kier molecular flexibility index (Phi) is 8.30. The normalized spacial score (nSPS) is 25.6. The molecular formula is C28H39N3O6S. The Morgan fingerprint density at radius 2 is 1.76 bits per heavy atom. The van der Waals surface area contributed by atoms with Crippen LogP contribution in [0.25, 0.3) is 0 Å². The first-order valence-electron chi connectivity index (χ1n) is 13.4. The van der Waals surface area contributed by atoms with Gasteiger partial charge in [0.15, 0.2) is 0 Å². The third-order valence-electron chi connectivity index (χ3n) is 7.20. The highest BCUT2D eigenvalue weighted by molar-refractivity contribution is 8.01. The minimum Gasteiger partial charge on any atom is -0.464 e. The van der Waals surface area contributed by atoms with E-state index in [9.17, 15) is 19.2 Å². The van der Waals surface area contributed by atoms with Crippen LogP contribution < -0.4 is 10.6 Å². The van der Waals surface area contributed by atoms with E-state index >= 15 is 0 Å². The van der Waals surface area contributed by atoms with Crippen LogP contribution in [0.1, 0.15) is 78.3 Å². The Balaban J connectivity index is 1.42. The lowest BCUT2D eigenvalue weighted by Crippen LogP contribution is -2.71. The molecule has 2 saturated heterocycles. The van der Waals surface area contributed by atoms with Gasteiger partial charge in [-0.05, 0) is 58.9 Å². The molecule has 4 rings (SSSR count). The van der Waals surface area contributed by atoms with Crippen molar-refractivity contribution in [3.63, 3.8) is 0 Å². The molecule has 2 aliphatic heterocycles. The van der Waals surface area contributed by atoms with Gasteiger partial charge in [0.25, 0.3) is 0 Å². The molecular weight excluding hydrogens is 506 g/mol. The molecule has 0 radical (unpaired) electrons. The highest BCUT2D eigenvalue weighted by Gasteiger charge is 2.64. The van der Waals surface area contributed by atoms with Gasteiger partial charge in [-0.3, -0.25) is 9.59 Å². The number of esters is 1. The summed E-state index contributed by atoms with van der Waals surface area (Å²) in [6, 6.07) is 6.21. The molecule has 1 aromatic carbocycles. The molecule has 1 aromatic rings. The van der Waals surface area contributed by atoms with Gasteiger partial charge in [0.1, 0.15) is 29.1 Å². The average Bonchev–Trinajstić information content (AvgIpc) is 3.12. The van der Waals surface area contributed by atoms with E-state index < -0.39 is 45.8 Å². The van der Waals surface area contributed by atoms with E-state index in [0.29, 0.717) is 18.1 Å². The van der Waals surface area contributed by atoms with E-state index in [0.717, 1.165) is 25.7 Å². The molecule has 0 bridgehead atoms. The predicted molar refractivity (Wildman–Crippen MR) is 144 cm³/mol. The molecule has 1 aliphatic carbocycles. The van der Waals surface area contributed by atoms with Gasteiger partial charge in [0.05, 0.1) is 6.61 Å². The summed E-state index contributed by atoms with van der Waals surface area (Å²) in [5, 5.41) is 5.05. The summed E-state index contributed by atoms with van der Waals surface area (Å²) in [7, 11) is 0. The van der Waals surface area contributed by atoms with Crippen molar-refractivity contribution in [1.29, 1.82) is 0 Å². The molecule has 208 valence electrons. The number of hydrogen-bond acceptors (Lipinski definition) is 7. The number of thioether (sulfide) groups is 1. The van der Waals surface area contributed by atoms with Gasteiger partial charge in [-0.1, -0.05) is 49.6 Å². The van der Waals surface area contributed by atoms with Crippen molar-refractivity contribution in [1.82, 2.24) is 15.5 Å². The van der Waals surface area contributed by atoms with Gasteiger partial charge in [-0.25, -0.2) is 9.59 Å². The maximum Gasteiger partial charge on any atom is 0.408 e. The lowest BCUT2D eigenvalue weighted by atomic mass is 9.90. The van der Waals surface area contributed by atoms with Gasteiger partial charge in [0, 0.05) is 4.75 Å². The number of hydrogen-bond donors (Lipinski definition) is 2. The zero-order valence-electron chi connectivity index (χ0n) is 22.8. The number of nitrogens with one attached hydrogen (secondary N) is 2. The zero-order valence-corrected chi connectivity index (χ0v) is 23.6. The minimum absolute atomic E-state index is 0.329. The average molecular weight is 546 g/mol. The largest absolute Gasteiger partial charge is 0.464 e. The molecule has 2 N–H and O–H groups in total. The van der Waals surface area contributed by atoms with E-state index in [2.05, 4.69) is 10.6 Å². The molecule has 2 heterocycles. The van der Waals surface area contributed by atoms with E-state index in [4.69, 9.17) is 9.47 Å². The van der Waals surface area contributed by atoms with E-state index in [1.165, 1.54) is 23.1 Å². The number of carbonyl (C=O) groups excluding carboxylic acids is 4. The smallest absolute Gasteiger partial charge is 0.408 e. The highest BCUT2D eigenvalue weighted by atomic mass is 32.2. The van der Waals surface area contributed by atoms with Crippen molar-refractivity contribution in [2.75, 3.05) is 6.61 Å². The zero-order chi connectivity index (χ0) is 27.7. The van der Waals surface area contributed by atoms with Gasteiger partial charge < -0.3 is 25.0 Å². The number of nitrogens with zero attached hydrogens (tertiary/aromatic N) is 1. The maximum atomic E-state index is 13.4. The number of fused-ring (bicyclic) bond motifs is 1. The molecule has 9 nitrogen and oxygen atoms in total. The number of alkyl carbamates (subject to hydrolysis) is 1. The number of carbonyl (C=O) groups is 4. The van der Waals surface area contributed by atoms with E-state index in [1.807, 2.05) is 19.9 Å². The van der Waals surface area contributed by atoms with Crippen LogP contribution in [0.3, 0.4) is 0 Å².